The highest BCUT2D eigenvalue weighted by molar-refractivity contribution is 5.91. The van der Waals surface area contributed by atoms with Crippen molar-refractivity contribution in [2.24, 2.45) is 23.2 Å². The summed E-state index contributed by atoms with van der Waals surface area (Å²) < 4.78 is 10.9. The fraction of sp³-hybridized carbons (Fsp3) is 0.800. The average Bonchev–Trinajstić information content (AvgIpc) is 3.06. The van der Waals surface area contributed by atoms with Crippen LogP contribution in [0.2, 0.25) is 0 Å². The van der Waals surface area contributed by atoms with Crippen molar-refractivity contribution in [1.29, 1.82) is 0 Å². The molecule has 2 N–H and O–H groups in total. The molecule has 2 saturated carbocycles. The molecule has 0 aromatic heterocycles. The van der Waals surface area contributed by atoms with Crippen LogP contribution in [0.3, 0.4) is 0 Å². The quantitative estimate of drug-likeness (QED) is 0.378. The van der Waals surface area contributed by atoms with Gasteiger partial charge in [-0.05, 0) is 12.3 Å². The second-order valence-electron chi connectivity index (χ2n) is 7.05. The number of fused-ring (bicyclic) bond motifs is 4. The van der Waals surface area contributed by atoms with Crippen molar-refractivity contribution in [3.63, 3.8) is 0 Å². The number of rotatable bonds is 0. The molecule has 0 radical (unpaired) electrons. The van der Waals surface area contributed by atoms with Crippen LogP contribution >= 0.6 is 0 Å². The highest BCUT2D eigenvalue weighted by atomic mass is 16.6. The normalized spacial score (nSPS) is 60.4. The highest BCUT2D eigenvalue weighted by Gasteiger charge is 2.73. The Morgan fingerprint density at radius 3 is 2.70 bits per heavy atom. The van der Waals surface area contributed by atoms with Crippen molar-refractivity contribution in [3.8, 4) is 0 Å². The third kappa shape index (κ3) is 1.27. The van der Waals surface area contributed by atoms with Crippen LogP contribution in [0.1, 0.15) is 20.3 Å². The summed E-state index contributed by atoms with van der Waals surface area (Å²) in [5.74, 6) is -0.514. The number of ether oxygens (including phenoxy) is 2. The van der Waals surface area contributed by atoms with Crippen molar-refractivity contribution in [2.75, 3.05) is 0 Å². The molecule has 0 aromatic rings. The van der Waals surface area contributed by atoms with Gasteiger partial charge in [0.2, 0.25) is 0 Å². The molecule has 0 aromatic carbocycles. The van der Waals surface area contributed by atoms with Crippen molar-refractivity contribution >= 4 is 5.97 Å². The average molecular weight is 280 g/mol. The maximum absolute atomic E-state index is 11.7. The first-order chi connectivity index (χ1) is 9.37. The van der Waals surface area contributed by atoms with E-state index in [9.17, 15) is 15.0 Å². The molecule has 0 bridgehead atoms. The molecule has 20 heavy (non-hydrogen) atoms. The summed E-state index contributed by atoms with van der Waals surface area (Å²) in [4.78, 5) is 11.7. The van der Waals surface area contributed by atoms with Crippen molar-refractivity contribution in [2.45, 2.75) is 50.8 Å². The molecule has 5 heteroatoms. The fourth-order valence-corrected chi connectivity index (χ4v) is 5.03. The van der Waals surface area contributed by atoms with E-state index in [0.717, 1.165) is 0 Å². The number of hydrogen-bond donors (Lipinski definition) is 2. The van der Waals surface area contributed by atoms with Gasteiger partial charge in [0.15, 0.2) is 0 Å². The smallest absolute Gasteiger partial charge is 0.334 e. The minimum absolute atomic E-state index is 0.0300. The largest absolute Gasteiger partial charge is 0.458 e. The monoisotopic (exact) mass is 280 g/mol. The van der Waals surface area contributed by atoms with E-state index in [4.69, 9.17) is 9.47 Å². The summed E-state index contributed by atoms with van der Waals surface area (Å²) in [5.41, 5.74) is -0.325. The molecule has 0 amide bonds. The summed E-state index contributed by atoms with van der Waals surface area (Å²) in [7, 11) is 0. The van der Waals surface area contributed by atoms with Gasteiger partial charge in [-0.25, -0.2) is 4.79 Å². The lowest BCUT2D eigenvalue weighted by atomic mass is 9.66. The predicted octanol–water partition coefficient (Wildman–Crippen LogP) is 0.249. The van der Waals surface area contributed by atoms with Gasteiger partial charge in [-0.2, -0.15) is 0 Å². The lowest BCUT2D eigenvalue weighted by Gasteiger charge is -2.42. The van der Waals surface area contributed by atoms with Gasteiger partial charge in [0.1, 0.15) is 12.2 Å². The van der Waals surface area contributed by atoms with Gasteiger partial charge >= 0.3 is 5.97 Å². The van der Waals surface area contributed by atoms with Crippen molar-refractivity contribution < 1.29 is 24.5 Å². The number of hydrogen-bond acceptors (Lipinski definition) is 5. The molecule has 2 aliphatic heterocycles. The third-order valence-corrected chi connectivity index (χ3v) is 6.10. The topological polar surface area (TPSA) is 79.3 Å². The van der Waals surface area contributed by atoms with E-state index in [0.29, 0.717) is 12.0 Å². The minimum atomic E-state index is -0.826. The molecule has 4 rings (SSSR count). The Kier molecular flexibility index (Phi) is 2.33. The Labute approximate surface area is 117 Å². The second kappa shape index (κ2) is 3.64. The van der Waals surface area contributed by atoms with Crippen LogP contribution in [0.15, 0.2) is 12.2 Å². The summed E-state index contributed by atoms with van der Waals surface area (Å²) in [6.07, 6.45) is -1.30. The molecule has 9 atom stereocenters. The van der Waals surface area contributed by atoms with Gasteiger partial charge in [-0.1, -0.05) is 20.4 Å². The number of carbonyl (C=O) groups excluding carboxylic acids is 1. The van der Waals surface area contributed by atoms with Crippen LogP contribution in [-0.4, -0.2) is 46.7 Å². The maximum atomic E-state index is 11.7. The third-order valence-electron chi connectivity index (χ3n) is 6.10. The number of aliphatic hydroxyl groups excluding tert-OH is 2. The van der Waals surface area contributed by atoms with Crippen LogP contribution in [0.4, 0.5) is 0 Å². The molecular formula is C15H20O5. The SMILES string of the molecule is C=C1C(=O)O[C@H]2C[C@@H](C)[C@@H]3[C@H]4O[C@H]4[C@H](O)[C@@]3(C)[C@@H](O)[C@H]12. The number of epoxide rings is 1. The number of esters is 1. The van der Waals surface area contributed by atoms with Gasteiger partial charge < -0.3 is 19.7 Å². The zero-order chi connectivity index (χ0) is 14.4. The van der Waals surface area contributed by atoms with E-state index >= 15 is 0 Å². The molecule has 2 heterocycles. The van der Waals surface area contributed by atoms with Crippen molar-refractivity contribution in [1.82, 2.24) is 0 Å². The standard InChI is InChI=1S/C15H20O5/c1-5-4-7-8(6(2)14(18)19-7)12(16)15(3)9(5)10-11(20-10)13(15)17/h5,7-13,16-17H,2,4H2,1,3H3/t5-,7+,8-,9-,10-,11-,12+,13+,15-/m1/s1. The van der Waals surface area contributed by atoms with E-state index in [1.54, 1.807) is 0 Å². The van der Waals surface area contributed by atoms with Crippen LogP contribution in [0, 0.1) is 23.2 Å². The Morgan fingerprint density at radius 2 is 2.00 bits per heavy atom. The molecule has 110 valence electrons. The van der Waals surface area contributed by atoms with Crippen LogP contribution in [0.25, 0.3) is 0 Å². The second-order valence-corrected chi connectivity index (χ2v) is 7.05. The van der Waals surface area contributed by atoms with Gasteiger partial charge in [0.25, 0.3) is 0 Å². The lowest BCUT2D eigenvalue weighted by Crippen LogP contribution is -2.51. The van der Waals surface area contributed by atoms with E-state index in [-0.39, 0.29) is 30.1 Å². The summed E-state index contributed by atoms with van der Waals surface area (Å²) in [6.45, 7) is 7.79. The first-order valence-corrected chi connectivity index (χ1v) is 7.28. The molecule has 2 aliphatic carbocycles. The summed E-state index contributed by atoms with van der Waals surface area (Å²) in [5, 5.41) is 21.4. The molecule has 4 fully saturated rings. The van der Waals surface area contributed by atoms with Gasteiger partial charge in [-0.15, -0.1) is 0 Å². The zero-order valence-electron chi connectivity index (χ0n) is 11.7. The Hall–Kier alpha value is -0.910. The molecule has 0 spiro atoms. The number of carbonyl (C=O) groups is 1. The van der Waals surface area contributed by atoms with Crippen LogP contribution < -0.4 is 0 Å². The molecule has 4 aliphatic rings. The molecule has 2 saturated heterocycles. The zero-order valence-corrected chi connectivity index (χ0v) is 11.7. The Bertz CT molecular complexity index is 502. The minimum Gasteiger partial charge on any atom is -0.458 e. The number of aliphatic hydroxyl groups is 2. The van der Waals surface area contributed by atoms with E-state index in [1.807, 2.05) is 6.92 Å². The van der Waals surface area contributed by atoms with Gasteiger partial charge in [-0.3, -0.25) is 0 Å². The molecular weight excluding hydrogens is 260 g/mol. The predicted molar refractivity (Wildman–Crippen MR) is 68.6 cm³/mol. The Morgan fingerprint density at radius 1 is 1.30 bits per heavy atom. The first-order valence-electron chi connectivity index (χ1n) is 7.28. The highest BCUT2D eigenvalue weighted by Crippen LogP contribution is 2.62. The van der Waals surface area contributed by atoms with Gasteiger partial charge in [0.05, 0.1) is 24.2 Å². The molecule has 0 unspecified atom stereocenters. The van der Waals surface area contributed by atoms with E-state index < -0.39 is 29.5 Å². The fourth-order valence-electron chi connectivity index (χ4n) is 5.03. The van der Waals surface area contributed by atoms with E-state index in [1.165, 1.54) is 0 Å². The van der Waals surface area contributed by atoms with Crippen molar-refractivity contribution in [3.05, 3.63) is 12.2 Å². The first kappa shape index (κ1) is 12.8. The Balaban J connectivity index is 1.79. The summed E-state index contributed by atoms with van der Waals surface area (Å²) >= 11 is 0. The lowest BCUT2D eigenvalue weighted by molar-refractivity contribution is -0.140. The molecule has 5 nitrogen and oxygen atoms in total. The van der Waals surface area contributed by atoms with Crippen LogP contribution in [0.5, 0.6) is 0 Å². The summed E-state index contributed by atoms with van der Waals surface area (Å²) in [6, 6.07) is 0. The maximum Gasteiger partial charge on any atom is 0.334 e. The van der Waals surface area contributed by atoms with E-state index in [2.05, 4.69) is 13.5 Å². The van der Waals surface area contributed by atoms with Gasteiger partial charge in [0, 0.05) is 16.9 Å². The van der Waals surface area contributed by atoms with Crippen LogP contribution in [-0.2, 0) is 14.3 Å².